The Hall–Kier alpha value is -2.01. The first-order chi connectivity index (χ1) is 10.6. The zero-order chi connectivity index (χ0) is 15.9. The third kappa shape index (κ3) is 4.24. The predicted octanol–water partition coefficient (Wildman–Crippen LogP) is 3.15. The van der Waals surface area contributed by atoms with Gasteiger partial charge in [-0.05, 0) is 36.8 Å². The fraction of sp³-hybridized carbons (Fsp3) is 0.235. The van der Waals surface area contributed by atoms with Crippen molar-refractivity contribution in [3.05, 3.63) is 66.0 Å². The lowest BCUT2D eigenvalue weighted by molar-refractivity contribution is -0.119. The second-order valence-electron chi connectivity index (χ2n) is 4.93. The molecule has 22 heavy (non-hydrogen) atoms. The summed E-state index contributed by atoms with van der Waals surface area (Å²) in [4.78, 5) is 13.6. The molecule has 0 fully saturated rings. The first-order valence-electron chi connectivity index (χ1n) is 7.01. The van der Waals surface area contributed by atoms with Crippen LogP contribution in [0.25, 0.3) is 0 Å². The molecule has 2 aromatic carbocycles. The summed E-state index contributed by atoms with van der Waals surface area (Å²) >= 11 is 0. The average molecular weight is 319 g/mol. The Labute approximate surface area is 132 Å². The first kappa shape index (κ1) is 16.4. The van der Waals surface area contributed by atoms with Crippen LogP contribution in [0.1, 0.15) is 18.5 Å². The largest absolute Gasteiger partial charge is 0.338 e. The quantitative estimate of drug-likeness (QED) is 0.735. The van der Waals surface area contributed by atoms with Gasteiger partial charge >= 0.3 is 0 Å². The maximum atomic E-state index is 13.0. The van der Waals surface area contributed by atoms with Gasteiger partial charge in [0.25, 0.3) is 0 Å². The standard InChI is InChI=1S/C17H18FNO2S/c1-14(15-7-9-16(18)10-8-15)19(13-20)11-12-22(21)17-5-3-2-4-6-17/h2-10,13-14H,11-12H2,1H3. The fourth-order valence-electron chi connectivity index (χ4n) is 2.15. The summed E-state index contributed by atoms with van der Waals surface area (Å²) in [6, 6.07) is 15.0. The van der Waals surface area contributed by atoms with Gasteiger partial charge in [0.1, 0.15) is 5.82 Å². The van der Waals surface area contributed by atoms with E-state index >= 15 is 0 Å². The Kier molecular flexibility index (Phi) is 5.83. The fourth-order valence-corrected chi connectivity index (χ4v) is 3.22. The third-order valence-electron chi connectivity index (χ3n) is 3.53. The smallest absolute Gasteiger partial charge is 0.210 e. The number of carbonyl (C=O) groups is 1. The molecule has 5 heteroatoms. The van der Waals surface area contributed by atoms with E-state index in [1.165, 1.54) is 12.1 Å². The lowest BCUT2D eigenvalue weighted by Crippen LogP contribution is -2.29. The summed E-state index contributed by atoms with van der Waals surface area (Å²) in [6.07, 6.45) is 0.746. The molecule has 0 aliphatic heterocycles. The molecule has 0 aliphatic rings. The molecule has 0 heterocycles. The Morgan fingerprint density at radius 3 is 2.36 bits per heavy atom. The van der Waals surface area contributed by atoms with E-state index in [2.05, 4.69) is 0 Å². The molecule has 3 nitrogen and oxygen atoms in total. The first-order valence-corrected chi connectivity index (χ1v) is 8.33. The van der Waals surface area contributed by atoms with Gasteiger partial charge in [-0.2, -0.15) is 0 Å². The van der Waals surface area contributed by atoms with Crippen LogP contribution in [-0.4, -0.2) is 27.8 Å². The van der Waals surface area contributed by atoms with Crippen molar-refractivity contribution in [2.45, 2.75) is 17.9 Å². The third-order valence-corrected chi connectivity index (χ3v) is 4.88. The van der Waals surface area contributed by atoms with Crippen molar-refractivity contribution in [3.63, 3.8) is 0 Å². The maximum Gasteiger partial charge on any atom is 0.210 e. The minimum absolute atomic E-state index is 0.189. The van der Waals surface area contributed by atoms with Crippen LogP contribution in [0.15, 0.2) is 59.5 Å². The maximum absolute atomic E-state index is 13.0. The van der Waals surface area contributed by atoms with Gasteiger partial charge in [0.15, 0.2) is 0 Å². The number of rotatable bonds is 7. The minimum Gasteiger partial charge on any atom is -0.338 e. The minimum atomic E-state index is -1.14. The van der Waals surface area contributed by atoms with Crippen LogP contribution >= 0.6 is 0 Å². The molecule has 1 amide bonds. The Morgan fingerprint density at radius 1 is 1.14 bits per heavy atom. The summed E-state index contributed by atoms with van der Waals surface area (Å²) in [5.74, 6) is 0.0627. The van der Waals surface area contributed by atoms with Crippen molar-refractivity contribution in [2.24, 2.45) is 0 Å². The molecular weight excluding hydrogens is 301 g/mol. The van der Waals surface area contributed by atoms with Gasteiger partial charge in [-0.15, -0.1) is 0 Å². The van der Waals surface area contributed by atoms with E-state index in [4.69, 9.17) is 0 Å². The lowest BCUT2D eigenvalue weighted by atomic mass is 10.1. The van der Waals surface area contributed by atoms with Crippen LogP contribution < -0.4 is 0 Å². The van der Waals surface area contributed by atoms with Gasteiger partial charge in [-0.1, -0.05) is 30.3 Å². The molecule has 0 aromatic heterocycles. The highest BCUT2D eigenvalue weighted by molar-refractivity contribution is 7.85. The highest BCUT2D eigenvalue weighted by atomic mass is 32.2. The predicted molar refractivity (Wildman–Crippen MR) is 85.3 cm³/mol. The topological polar surface area (TPSA) is 37.4 Å². The van der Waals surface area contributed by atoms with E-state index in [0.29, 0.717) is 12.3 Å². The number of hydrogen-bond donors (Lipinski definition) is 0. The van der Waals surface area contributed by atoms with Crippen LogP contribution in [0.4, 0.5) is 4.39 Å². The van der Waals surface area contributed by atoms with Crippen LogP contribution in [0.2, 0.25) is 0 Å². The van der Waals surface area contributed by atoms with Crippen LogP contribution in [0, 0.1) is 5.82 Å². The average Bonchev–Trinajstić information content (AvgIpc) is 2.56. The van der Waals surface area contributed by atoms with Crippen molar-refractivity contribution in [3.8, 4) is 0 Å². The van der Waals surface area contributed by atoms with Crippen molar-refractivity contribution < 1.29 is 13.4 Å². The summed E-state index contributed by atoms with van der Waals surface area (Å²) < 4.78 is 25.1. The molecule has 2 unspecified atom stereocenters. The van der Waals surface area contributed by atoms with Gasteiger partial charge < -0.3 is 4.90 Å². The van der Waals surface area contributed by atoms with Crippen molar-refractivity contribution in [1.82, 2.24) is 4.90 Å². The lowest BCUT2D eigenvalue weighted by Gasteiger charge is -2.25. The summed E-state index contributed by atoms with van der Waals surface area (Å²) in [5, 5.41) is 0. The molecule has 0 bridgehead atoms. The zero-order valence-corrected chi connectivity index (χ0v) is 13.1. The Balaban J connectivity index is 1.98. The van der Waals surface area contributed by atoms with E-state index in [0.717, 1.165) is 16.9 Å². The second-order valence-corrected chi connectivity index (χ2v) is 6.50. The summed E-state index contributed by atoms with van der Waals surface area (Å²) in [7, 11) is -1.14. The van der Waals surface area contributed by atoms with Crippen LogP contribution in [0.5, 0.6) is 0 Å². The molecule has 0 spiro atoms. The SMILES string of the molecule is CC(c1ccc(F)cc1)N(C=O)CCS(=O)c1ccccc1. The van der Waals surface area contributed by atoms with E-state index < -0.39 is 10.8 Å². The molecule has 0 aliphatic carbocycles. The van der Waals surface area contributed by atoms with Crippen molar-refractivity contribution in [2.75, 3.05) is 12.3 Å². The molecule has 2 rings (SSSR count). The highest BCUT2D eigenvalue weighted by Crippen LogP contribution is 2.19. The number of nitrogens with zero attached hydrogens (tertiary/aromatic N) is 1. The van der Waals surface area contributed by atoms with Gasteiger partial charge in [-0.25, -0.2) is 4.39 Å². The van der Waals surface area contributed by atoms with Crippen LogP contribution in [0.3, 0.4) is 0 Å². The molecule has 0 N–H and O–H groups in total. The Bertz CT molecular complexity index is 631. The highest BCUT2D eigenvalue weighted by Gasteiger charge is 2.15. The summed E-state index contributed by atoms with van der Waals surface area (Å²) in [5.41, 5.74) is 0.846. The van der Waals surface area contributed by atoms with E-state index in [-0.39, 0.29) is 11.9 Å². The van der Waals surface area contributed by atoms with Crippen molar-refractivity contribution >= 4 is 17.2 Å². The van der Waals surface area contributed by atoms with Gasteiger partial charge in [-0.3, -0.25) is 9.00 Å². The number of carbonyl (C=O) groups excluding carboxylic acids is 1. The van der Waals surface area contributed by atoms with Gasteiger partial charge in [0.05, 0.1) is 16.8 Å². The molecular formula is C17H18FNO2S. The summed E-state index contributed by atoms with van der Waals surface area (Å²) in [6.45, 7) is 2.25. The molecule has 116 valence electrons. The molecule has 2 aromatic rings. The van der Waals surface area contributed by atoms with Crippen LogP contribution in [-0.2, 0) is 15.6 Å². The van der Waals surface area contributed by atoms with Gasteiger partial charge in [0, 0.05) is 17.2 Å². The van der Waals surface area contributed by atoms with E-state index in [1.54, 1.807) is 17.0 Å². The normalized spacial score (nSPS) is 13.4. The number of hydrogen-bond acceptors (Lipinski definition) is 2. The number of benzene rings is 2. The van der Waals surface area contributed by atoms with Gasteiger partial charge in [0.2, 0.25) is 6.41 Å². The molecule has 0 saturated carbocycles. The zero-order valence-electron chi connectivity index (χ0n) is 12.3. The Morgan fingerprint density at radius 2 is 1.77 bits per heavy atom. The van der Waals surface area contributed by atoms with E-state index in [1.807, 2.05) is 37.3 Å². The molecule has 2 atom stereocenters. The van der Waals surface area contributed by atoms with Crippen molar-refractivity contribution in [1.29, 1.82) is 0 Å². The monoisotopic (exact) mass is 319 g/mol. The second kappa shape index (κ2) is 7.84. The molecule has 0 radical (unpaired) electrons. The van der Waals surface area contributed by atoms with E-state index in [9.17, 15) is 13.4 Å². The number of amides is 1. The number of halogens is 1. The molecule has 0 saturated heterocycles.